The number of rotatable bonds is 8. The third-order valence-electron chi connectivity index (χ3n) is 8.68. The highest BCUT2D eigenvalue weighted by molar-refractivity contribution is 5.78. The molecule has 2 N–H and O–H groups in total. The Bertz CT molecular complexity index is 989. The van der Waals surface area contributed by atoms with Crippen molar-refractivity contribution in [2.24, 2.45) is 5.92 Å². The molecule has 1 aromatic carbocycles. The zero-order chi connectivity index (χ0) is 24.5. The van der Waals surface area contributed by atoms with E-state index in [1.54, 1.807) is 18.3 Å². The van der Waals surface area contributed by atoms with Crippen molar-refractivity contribution in [2.45, 2.75) is 62.3 Å². The average Bonchev–Trinajstić information content (AvgIpc) is 3.08. The molecule has 8 heteroatoms. The van der Waals surface area contributed by atoms with Gasteiger partial charge in [0.25, 0.3) is 0 Å². The third-order valence-corrected chi connectivity index (χ3v) is 8.68. The highest BCUT2D eigenvalue weighted by Crippen LogP contribution is 2.49. The van der Waals surface area contributed by atoms with Crippen molar-refractivity contribution < 1.29 is 9.90 Å². The van der Waals surface area contributed by atoms with Gasteiger partial charge in [-0.1, -0.05) is 36.8 Å². The Morgan fingerprint density at radius 1 is 1.11 bits per heavy atom. The monoisotopic (exact) mass is 478 g/mol. The van der Waals surface area contributed by atoms with Crippen molar-refractivity contribution in [3.63, 3.8) is 0 Å². The number of hydrogen-bond donors (Lipinski definition) is 2. The fourth-order valence-corrected chi connectivity index (χ4v) is 6.33. The number of hydrogen-bond acceptors (Lipinski definition) is 6. The average molecular weight is 479 g/mol. The summed E-state index contributed by atoms with van der Waals surface area (Å²) in [5, 5.41) is 21.5. The molecule has 1 saturated heterocycles. The maximum absolute atomic E-state index is 13.7. The number of carbonyl (C=O) groups is 1. The van der Waals surface area contributed by atoms with E-state index in [0.29, 0.717) is 18.3 Å². The molecule has 8 nitrogen and oxygen atoms in total. The van der Waals surface area contributed by atoms with E-state index in [1.165, 1.54) is 24.8 Å². The fourth-order valence-electron chi connectivity index (χ4n) is 6.33. The minimum atomic E-state index is -0.898. The van der Waals surface area contributed by atoms with Crippen LogP contribution in [0.25, 0.3) is 0 Å². The van der Waals surface area contributed by atoms with Gasteiger partial charge in [-0.15, -0.1) is 5.10 Å². The van der Waals surface area contributed by atoms with E-state index in [9.17, 15) is 9.90 Å². The molecule has 2 saturated carbocycles. The largest absolute Gasteiger partial charge is 0.372 e. The smallest absolute Gasteiger partial charge is 0.320 e. The first-order valence-corrected chi connectivity index (χ1v) is 12.9. The van der Waals surface area contributed by atoms with Gasteiger partial charge in [0.15, 0.2) is 5.82 Å². The molecule has 0 radical (unpaired) electrons. The Morgan fingerprint density at radius 2 is 1.86 bits per heavy atom. The van der Waals surface area contributed by atoms with Gasteiger partial charge in [-0.25, -0.2) is 4.79 Å². The first-order chi connectivity index (χ1) is 16.9. The molecule has 2 amide bonds. The zero-order valence-electron chi connectivity index (χ0n) is 20.9. The lowest BCUT2D eigenvalue weighted by atomic mass is 9.68. The Labute approximate surface area is 208 Å². The van der Waals surface area contributed by atoms with Gasteiger partial charge < -0.3 is 20.2 Å². The molecule has 1 atom stereocenters. The molecule has 0 bridgehead atoms. The van der Waals surface area contributed by atoms with Gasteiger partial charge in [0.05, 0.1) is 12.1 Å². The second-order valence-corrected chi connectivity index (χ2v) is 10.9. The van der Waals surface area contributed by atoms with Crippen molar-refractivity contribution >= 4 is 11.8 Å². The molecule has 1 aliphatic heterocycles. The molecular formula is C27H38N6O2. The highest BCUT2D eigenvalue weighted by Gasteiger charge is 2.55. The van der Waals surface area contributed by atoms with Crippen LogP contribution in [0.2, 0.25) is 0 Å². The molecule has 1 aromatic heterocycles. The lowest BCUT2D eigenvalue weighted by Crippen LogP contribution is -2.56. The molecule has 3 fully saturated rings. The van der Waals surface area contributed by atoms with E-state index < -0.39 is 6.23 Å². The summed E-state index contributed by atoms with van der Waals surface area (Å²) in [6.45, 7) is 1.73. The van der Waals surface area contributed by atoms with Gasteiger partial charge in [-0.05, 0) is 76.2 Å². The van der Waals surface area contributed by atoms with Crippen LogP contribution in [0.3, 0.4) is 0 Å². The van der Waals surface area contributed by atoms with E-state index >= 15 is 0 Å². The number of nitrogens with zero attached hydrogens (tertiary/aromatic N) is 5. The summed E-state index contributed by atoms with van der Waals surface area (Å²) in [5.74, 6) is 1.11. The van der Waals surface area contributed by atoms with E-state index in [-0.39, 0.29) is 23.7 Å². The number of aliphatic hydroxyl groups is 1. The Kier molecular flexibility index (Phi) is 6.68. The Balaban J connectivity index is 1.34. The lowest BCUT2D eigenvalue weighted by molar-refractivity contribution is 0.0156. The predicted molar refractivity (Wildman–Crippen MR) is 136 cm³/mol. The minimum Gasteiger partial charge on any atom is -0.372 e. The van der Waals surface area contributed by atoms with Gasteiger partial charge in [-0.3, -0.25) is 4.90 Å². The summed E-state index contributed by atoms with van der Waals surface area (Å²) in [6.07, 6.45) is 8.32. The molecule has 188 valence electrons. The molecule has 1 spiro atoms. The van der Waals surface area contributed by atoms with Gasteiger partial charge in [0, 0.05) is 24.8 Å². The third kappa shape index (κ3) is 4.61. The normalized spacial score (nSPS) is 27.9. The summed E-state index contributed by atoms with van der Waals surface area (Å²) in [4.78, 5) is 20.1. The van der Waals surface area contributed by atoms with Crippen LogP contribution in [0, 0.1) is 5.92 Å². The topological polar surface area (TPSA) is 84.8 Å². The Hall–Kier alpha value is -2.71. The van der Waals surface area contributed by atoms with Gasteiger partial charge >= 0.3 is 6.03 Å². The number of carbonyl (C=O) groups excluding carboxylic acids is 1. The van der Waals surface area contributed by atoms with Crippen LogP contribution in [0.1, 0.15) is 50.5 Å². The van der Waals surface area contributed by atoms with Crippen molar-refractivity contribution in [1.29, 1.82) is 0 Å². The standard InChI is InChI=1S/C27H38N6O2/c1-31(2)27(22-10-4-3-5-11-22)15-13-26(14-16-27)20-32(25(35)33(26)18-21-8-6-9-21)19-24(34)29-23-12-7-17-28-30-23/h3-5,7,10-12,17,21,24,34H,6,8-9,13-16,18-20H2,1-2H3,(H,29,30). The molecular weight excluding hydrogens is 440 g/mol. The second-order valence-electron chi connectivity index (χ2n) is 10.9. The number of β-amino-alcohol motifs (C(OH)–C–C–N with tert-alkyl or cyclic N) is 1. The number of amides is 2. The molecule has 3 aliphatic rings. The van der Waals surface area contributed by atoms with Crippen LogP contribution in [0.4, 0.5) is 10.6 Å². The van der Waals surface area contributed by atoms with E-state index in [0.717, 1.165) is 32.2 Å². The van der Waals surface area contributed by atoms with Gasteiger partial charge in [0.1, 0.15) is 6.23 Å². The van der Waals surface area contributed by atoms with Crippen molar-refractivity contribution in [1.82, 2.24) is 24.9 Å². The molecule has 2 heterocycles. The Morgan fingerprint density at radius 3 is 2.46 bits per heavy atom. The van der Waals surface area contributed by atoms with Crippen LogP contribution < -0.4 is 5.32 Å². The quantitative estimate of drug-likeness (QED) is 0.565. The summed E-state index contributed by atoms with van der Waals surface area (Å²) >= 11 is 0. The highest BCUT2D eigenvalue weighted by atomic mass is 16.3. The molecule has 1 unspecified atom stereocenters. The number of urea groups is 1. The van der Waals surface area contributed by atoms with Gasteiger partial charge in [0.2, 0.25) is 0 Å². The first kappa shape index (κ1) is 24.0. The molecule has 35 heavy (non-hydrogen) atoms. The van der Waals surface area contributed by atoms with Crippen LogP contribution in [-0.4, -0.2) is 81.5 Å². The summed E-state index contributed by atoms with van der Waals surface area (Å²) in [5.41, 5.74) is 1.17. The second kappa shape index (κ2) is 9.74. The first-order valence-electron chi connectivity index (χ1n) is 12.9. The minimum absolute atomic E-state index is 0.0157. The van der Waals surface area contributed by atoms with Crippen LogP contribution in [-0.2, 0) is 5.54 Å². The number of benzene rings is 1. The maximum atomic E-state index is 13.7. The summed E-state index contributed by atoms with van der Waals surface area (Å²) < 4.78 is 0. The van der Waals surface area contributed by atoms with E-state index in [4.69, 9.17) is 0 Å². The molecule has 2 aliphatic carbocycles. The van der Waals surface area contributed by atoms with Crippen molar-refractivity contribution in [3.8, 4) is 0 Å². The van der Waals surface area contributed by atoms with Crippen molar-refractivity contribution in [3.05, 3.63) is 54.2 Å². The van der Waals surface area contributed by atoms with Crippen LogP contribution in [0.15, 0.2) is 48.7 Å². The summed E-state index contributed by atoms with van der Waals surface area (Å²) in [7, 11) is 4.36. The van der Waals surface area contributed by atoms with Crippen LogP contribution in [0.5, 0.6) is 0 Å². The molecule has 2 aromatic rings. The molecule has 5 rings (SSSR count). The van der Waals surface area contributed by atoms with Crippen LogP contribution >= 0.6 is 0 Å². The lowest BCUT2D eigenvalue weighted by Gasteiger charge is -2.51. The number of aliphatic hydroxyl groups excluding tert-OH is 1. The maximum Gasteiger partial charge on any atom is 0.320 e. The predicted octanol–water partition coefficient (Wildman–Crippen LogP) is 3.51. The van der Waals surface area contributed by atoms with E-state index in [2.05, 4.69) is 69.7 Å². The van der Waals surface area contributed by atoms with Gasteiger partial charge in [-0.2, -0.15) is 5.10 Å². The fraction of sp³-hybridized carbons (Fsp3) is 0.593. The zero-order valence-corrected chi connectivity index (χ0v) is 20.9. The SMILES string of the molecule is CN(C)C1(c2ccccc2)CCC2(CC1)CN(CC(O)Nc1cccnn1)C(=O)N2CC1CCC1. The van der Waals surface area contributed by atoms with Crippen molar-refractivity contribution in [2.75, 3.05) is 39.0 Å². The number of anilines is 1. The number of aromatic nitrogens is 2. The van der Waals surface area contributed by atoms with E-state index in [1.807, 2.05) is 4.90 Å². The number of nitrogens with one attached hydrogen (secondary N) is 1. The summed E-state index contributed by atoms with van der Waals surface area (Å²) in [6, 6.07) is 14.4.